The zero-order valence-electron chi connectivity index (χ0n) is 9.21. The summed E-state index contributed by atoms with van der Waals surface area (Å²) in [6.07, 6.45) is 4.52. The van der Waals surface area contributed by atoms with Crippen LogP contribution in [0.5, 0.6) is 5.88 Å². The molecule has 0 aliphatic carbocycles. The maximum absolute atomic E-state index is 8.09. The largest absolute Gasteiger partial charge is 0.480 e. The molecule has 0 radical (unpaired) electrons. The minimum Gasteiger partial charge on any atom is -0.480 e. The predicted octanol–water partition coefficient (Wildman–Crippen LogP) is 0.879. The average Bonchev–Trinajstić information content (AvgIpc) is 2.38. The van der Waals surface area contributed by atoms with Crippen molar-refractivity contribution in [3.05, 3.63) is 42.0 Å². The highest BCUT2D eigenvalue weighted by molar-refractivity contribution is 6.14. The van der Waals surface area contributed by atoms with Gasteiger partial charge in [-0.25, -0.2) is 9.97 Å². The molecule has 2 rings (SSSR count). The number of pyridine rings is 1. The zero-order valence-corrected chi connectivity index (χ0v) is 9.21. The molecule has 0 fully saturated rings. The van der Waals surface area contributed by atoms with Gasteiger partial charge in [-0.2, -0.15) is 0 Å². The van der Waals surface area contributed by atoms with Crippen molar-refractivity contribution in [2.24, 2.45) is 0 Å². The number of nitrogens with one attached hydrogen (secondary N) is 1. The molecule has 0 unspecified atom stereocenters. The number of nitrogens with zero attached hydrogens (tertiary/aromatic N) is 3. The minimum atomic E-state index is 0.211. The van der Waals surface area contributed by atoms with Crippen molar-refractivity contribution in [1.82, 2.24) is 15.0 Å². The van der Waals surface area contributed by atoms with E-state index in [1.807, 2.05) is 0 Å². The topological polar surface area (TPSA) is 97.8 Å². The fourth-order valence-corrected chi connectivity index (χ4v) is 1.43. The summed E-state index contributed by atoms with van der Waals surface area (Å²) in [7, 11) is 1.48. The van der Waals surface area contributed by atoms with Crippen molar-refractivity contribution in [3.63, 3.8) is 0 Å². The first-order chi connectivity index (χ1) is 8.24. The maximum Gasteiger partial charge on any atom is 0.227 e. The first-order valence-electron chi connectivity index (χ1n) is 4.88. The van der Waals surface area contributed by atoms with E-state index in [-0.39, 0.29) is 11.5 Å². The molecular weight excluding hydrogens is 218 g/mol. The molecule has 0 saturated heterocycles. The second-order valence-electron chi connectivity index (χ2n) is 3.25. The van der Waals surface area contributed by atoms with Gasteiger partial charge < -0.3 is 10.5 Å². The maximum atomic E-state index is 8.09. The number of hydrogen-bond acceptors (Lipinski definition) is 6. The highest BCUT2D eigenvalue weighted by Crippen LogP contribution is 2.22. The van der Waals surface area contributed by atoms with Gasteiger partial charge in [0.1, 0.15) is 17.7 Å². The third kappa shape index (κ3) is 2.05. The van der Waals surface area contributed by atoms with Gasteiger partial charge in [0.15, 0.2) is 0 Å². The first kappa shape index (κ1) is 11.0. The van der Waals surface area contributed by atoms with Gasteiger partial charge in [-0.3, -0.25) is 10.4 Å². The summed E-state index contributed by atoms with van der Waals surface area (Å²) in [6, 6.07) is 3.43. The van der Waals surface area contributed by atoms with E-state index in [0.29, 0.717) is 17.0 Å². The van der Waals surface area contributed by atoms with Crippen molar-refractivity contribution in [1.29, 1.82) is 5.41 Å². The first-order valence-corrected chi connectivity index (χ1v) is 4.88. The molecule has 6 nitrogen and oxygen atoms in total. The van der Waals surface area contributed by atoms with Crippen LogP contribution in [0.4, 0.5) is 5.82 Å². The van der Waals surface area contributed by atoms with Crippen LogP contribution in [-0.2, 0) is 0 Å². The Morgan fingerprint density at radius 3 is 2.65 bits per heavy atom. The molecule has 0 aliphatic rings. The second-order valence-corrected chi connectivity index (χ2v) is 3.25. The molecule has 86 valence electrons. The van der Waals surface area contributed by atoms with Crippen molar-refractivity contribution in [2.75, 3.05) is 12.8 Å². The van der Waals surface area contributed by atoms with E-state index in [9.17, 15) is 0 Å². The van der Waals surface area contributed by atoms with Crippen LogP contribution in [0.1, 0.15) is 11.1 Å². The molecule has 17 heavy (non-hydrogen) atoms. The summed E-state index contributed by atoms with van der Waals surface area (Å²) in [5, 5.41) is 8.09. The number of ether oxygens (including phenoxy) is 1. The molecule has 0 aliphatic heterocycles. The van der Waals surface area contributed by atoms with Crippen LogP contribution in [0.25, 0.3) is 0 Å². The van der Waals surface area contributed by atoms with Crippen LogP contribution in [0.15, 0.2) is 30.9 Å². The van der Waals surface area contributed by atoms with Crippen LogP contribution in [0, 0.1) is 5.41 Å². The molecule has 3 N–H and O–H groups in total. The summed E-state index contributed by atoms with van der Waals surface area (Å²) in [6.45, 7) is 0. The van der Waals surface area contributed by atoms with Crippen molar-refractivity contribution in [3.8, 4) is 5.88 Å². The van der Waals surface area contributed by atoms with Gasteiger partial charge in [-0.1, -0.05) is 0 Å². The summed E-state index contributed by atoms with van der Waals surface area (Å²) < 4.78 is 5.08. The van der Waals surface area contributed by atoms with Crippen LogP contribution in [0.3, 0.4) is 0 Å². The van der Waals surface area contributed by atoms with Crippen LogP contribution >= 0.6 is 0 Å². The molecular formula is C11H11N5O. The molecule has 2 heterocycles. The fourth-order valence-electron chi connectivity index (χ4n) is 1.43. The number of anilines is 1. The minimum absolute atomic E-state index is 0.211. The Labute approximate surface area is 98.0 Å². The van der Waals surface area contributed by atoms with Gasteiger partial charge in [0, 0.05) is 18.0 Å². The molecule has 2 aromatic rings. The fraction of sp³-hybridized carbons (Fsp3) is 0.0909. The lowest BCUT2D eigenvalue weighted by molar-refractivity contribution is 0.396. The Hall–Kier alpha value is -2.50. The Bertz CT molecular complexity index is 541. The van der Waals surface area contributed by atoms with E-state index >= 15 is 0 Å². The van der Waals surface area contributed by atoms with Gasteiger partial charge in [-0.15, -0.1) is 0 Å². The predicted molar refractivity (Wildman–Crippen MR) is 63.2 cm³/mol. The van der Waals surface area contributed by atoms with Crippen LogP contribution < -0.4 is 10.5 Å². The lowest BCUT2D eigenvalue weighted by atomic mass is 10.1. The number of hydrogen-bond donors (Lipinski definition) is 2. The number of nitrogen functional groups attached to an aromatic ring is 1. The second kappa shape index (κ2) is 4.56. The Balaban J connectivity index is 2.51. The van der Waals surface area contributed by atoms with Gasteiger partial charge in [0.2, 0.25) is 5.88 Å². The van der Waals surface area contributed by atoms with Crippen molar-refractivity contribution >= 4 is 11.5 Å². The van der Waals surface area contributed by atoms with E-state index in [4.69, 9.17) is 15.9 Å². The molecule has 0 saturated carbocycles. The van der Waals surface area contributed by atoms with Gasteiger partial charge in [0.25, 0.3) is 0 Å². The van der Waals surface area contributed by atoms with Crippen LogP contribution in [0.2, 0.25) is 0 Å². The highest BCUT2D eigenvalue weighted by Gasteiger charge is 2.16. The Morgan fingerprint density at radius 1 is 1.29 bits per heavy atom. The molecule has 6 heteroatoms. The third-order valence-electron chi connectivity index (χ3n) is 2.25. The van der Waals surface area contributed by atoms with Crippen LogP contribution in [-0.4, -0.2) is 27.8 Å². The number of rotatable bonds is 3. The van der Waals surface area contributed by atoms with E-state index in [2.05, 4.69) is 15.0 Å². The average molecular weight is 229 g/mol. The summed E-state index contributed by atoms with van der Waals surface area (Å²) >= 11 is 0. The SMILES string of the molecule is COc1ncnc(N)c1C(=N)c1ccncc1. The summed E-state index contributed by atoms with van der Waals surface area (Å²) in [5.41, 5.74) is 7.03. The molecule has 0 spiro atoms. The molecule has 0 amide bonds. The Kier molecular flexibility index (Phi) is 2.95. The van der Waals surface area contributed by atoms with E-state index in [1.54, 1.807) is 24.5 Å². The normalized spacial score (nSPS) is 9.94. The smallest absolute Gasteiger partial charge is 0.227 e. The third-order valence-corrected chi connectivity index (χ3v) is 2.25. The summed E-state index contributed by atoms with van der Waals surface area (Å²) in [5.74, 6) is 0.512. The molecule has 0 atom stereocenters. The van der Waals surface area contributed by atoms with Gasteiger partial charge >= 0.3 is 0 Å². The Morgan fingerprint density at radius 2 is 2.00 bits per heavy atom. The van der Waals surface area contributed by atoms with Gasteiger partial charge in [-0.05, 0) is 12.1 Å². The number of methoxy groups -OCH3 is 1. The summed E-state index contributed by atoms with van der Waals surface area (Å²) in [4.78, 5) is 11.7. The van der Waals surface area contributed by atoms with E-state index in [1.165, 1.54) is 13.4 Å². The zero-order chi connectivity index (χ0) is 12.3. The number of nitrogens with two attached hydrogens (primary N) is 1. The van der Waals surface area contributed by atoms with Crippen molar-refractivity contribution in [2.45, 2.75) is 0 Å². The molecule has 0 bridgehead atoms. The highest BCUT2D eigenvalue weighted by atomic mass is 16.5. The van der Waals surface area contributed by atoms with Crippen molar-refractivity contribution < 1.29 is 4.74 Å². The molecule has 2 aromatic heterocycles. The number of aromatic nitrogens is 3. The van der Waals surface area contributed by atoms with E-state index < -0.39 is 0 Å². The quantitative estimate of drug-likeness (QED) is 0.761. The lowest BCUT2D eigenvalue weighted by Crippen LogP contribution is -2.10. The van der Waals surface area contributed by atoms with Gasteiger partial charge in [0.05, 0.1) is 12.8 Å². The molecule has 0 aromatic carbocycles. The standard InChI is InChI=1S/C11H11N5O/c1-17-11-8(10(13)15-6-16-11)9(12)7-2-4-14-5-3-7/h2-6,12H,1H3,(H2,13,15,16). The monoisotopic (exact) mass is 229 g/mol. The van der Waals surface area contributed by atoms with E-state index in [0.717, 1.165) is 0 Å². The lowest BCUT2D eigenvalue weighted by Gasteiger charge is -2.10.